The van der Waals surface area contributed by atoms with Gasteiger partial charge in [0.1, 0.15) is 6.10 Å². The monoisotopic (exact) mass is 201 g/mol. The van der Waals surface area contributed by atoms with Crippen molar-refractivity contribution in [1.82, 2.24) is 0 Å². The van der Waals surface area contributed by atoms with E-state index in [4.69, 9.17) is 4.74 Å². The van der Waals surface area contributed by atoms with Crippen LogP contribution in [-0.4, -0.2) is 18.4 Å². The van der Waals surface area contributed by atoms with Gasteiger partial charge in [0, 0.05) is 11.7 Å². The van der Waals surface area contributed by atoms with Gasteiger partial charge in [0.05, 0.1) is 0 Å². The standard InChI is InChI=1S/C13H15NO/c1-9(2)14-11-6-4-3-5-10(11)7-8-12-13(14)15-12/h3-9,12-13H,1-2H3. The minimum Gasteiger partial charge on any atom is -0.343 e. The highest BCUT2D eigenvalue weighted by molar-refractivity contribution is 5.71. The van der Waals surface area contributed by atoms with Crippen LogP contribution < -0.4 is 4.90 Å². The second kappa shape index (κ2) is 3.11. The Labute approximate surface area is 90.2 Å². The zero-order chi connectivity index (χ0) is 10.4. The van der Waals surface area contributed by atoms with Crippen LogP contribution in [0.5, 0.6) is 0 Å². The highest BCUT2D eigenvalue weighted by Gasteiger charge is 2.44. The summed E-state index contributed by atoms with van der Waals surface area (Å²) in [6, 6.07) is 8.97. The minimum absolute atomic E-state index is 0.255. The molecule has 15 heavy (non-hydrogen) atoms. The molecule has 0 bridgehead atoms. The molecule has 1 aromatic carbocycles. The molecule has 0 saturated carbocycles. The van der Waals surface area contributed by atoms with Gasteiger partial charge in [-0.1, -0.05) is 30.4 Å². The third-order valence-electron chi connectivity index (χ3n) is 3.01. The fraction of sp³-hybridized carbons (Fsp3) is 0.385. The van der Waals surface area contributed by atoms with Gasteiger partial charge in [-0.2, -0.15) is 0 Å². The molecule has 1 fully saturated rings. The number of rotatable bonds is 1. The van der Waals surface area contributed by atoms with Crippen molar-refractivity contribution in [3.05, 3.63) is 35.9 Å². The van der Waals surface area contributed by atoms with Gasteiger partial charge < -0.3 is 9.64 Å². The van der Waals surface area contributed by atoms with Crippen molar-refractivity contribution in [3.63, 3.8) is 0 Å². The fourth-order valence-corrected chi connectivity index (χ4v) is 2.25. The van der Waals surface area contributed by atoms with Crippen LogP contribution in [0, 0.1) is 0 Å². The van der Waals surface area contributed by atoms with Crippen molar-refractivity contribution in [3.8, 4) is 0 Å². The Morgan fingerprint density at radius 3 is 2.87 bits per heavy atom. The number of anilines is 1. The number of hydrogen-bond donors (Lipinski definition) is 0. The first kappa shape index (κ1) is 8.98. The van der Waals surface area contributed by atoms with Gasteiger partial charge in [-0.3, -0.25) is 0 Å². The van der Waals surface area contributed by atoms with Gasteiger partial charge in [-0.15, -0.1) is 0 Å². The maximum Gasteiger partial charge on any atom is 0.161 e. The molecule has 2 nitrogen and oxygen atoms in total. The van der Waals surface area contributed by atoms with E-state index in [1.54, 1.807) is 0 Å². The summed E-state index contributed by atoms with van der Waals surface area (Å²) in [6.45, 7) is 4.42. The summed E-state index contributed by atoms with van der Waals surface area (Å²) >= 11 is 0. The second-order valence-electron chi connectivity index (χ2n) is 4.41. The first-order valence-electron chi connectivity index (χ1n) is 5.48. The molecule has 78 valence electrons. The van der Waals surface area contributed by atoms with E-state index in [0.717, 1.165) is 0 Å². The topological polar surface area (TPSA) is 15.8 Å². The summed E-state index contributed by atoms with van der Waals surface area (Å²) in [5.74, 6) is 0. The quantitative estimate of drug-likeness (QED) is 0.649. The summed E-state index contributed by atoms with van der Waals surface area (Å²) in [4.78, 5) is 2.36. The molecule has 2 atom stereocenters. The van der Waals surface area contributed by atoms with Gasteiger partial charge in [0.2, 0.25) is 0 Å². The molecule has 0 aromatic heterocycles. The molecular formula is C13H15NO. The average Bonchev–Trinajstić information content (AvgIpc) is 2.94. The summed E-state index contributed by atoms with van der Waals surface area (Å²) in [6.07, 6.45) is 4.87. The Kier molecular flexibility index (Phi) is 1.86. The van der Waals surface area contributed by atoms with Crippen LogP contribution >= 0.6 is 0 Å². The van der Waals surface area contributed by atoms with Crippen molar-refractivity contribution in [1.29, 1.82) is 0 Å². The molecule has 2 heteroatoms. The zero-order valence-corrected chi connectivity index (χ0v) is 9.05. The molecule has 2 aliphatic rings. The van der Waals surface area contributed by atoms with Crippen molar-refractivity contribution in [2.75, 3.05) is 4.90 Å². The predicted molar refractivity (Wildman–Crippen MR) is 61.8 cm³/mol. The van der Waals surface area contributed by atoms with Gasteiger partial charge in [-0.25, -0.2) is 0 Å². The van der Waals surface area contributed by atoms with Crippen molar-refractivity contribution < 1.29 is 4.74 Å². The molecule has 2 unspecified atom stereocenters. The van der Waals surface area contributed by atoms with E-state index in [-0.39, 0.29) is 6.23 Å². The molecule has 1 saturated heterocycles. The normalized spacial score (nSPS) is 27.3. The SMILES string of the molecule is CC(C)N1c2ccccc2C=CC2OC21. The number of fused-ring (bicyclic) bond motifs is 2. The molecule has 0 radical (unpaired) electrons. The number of hydrogen-bond acceptors (Lipinski definition) is 2. The smallest absolute Gasteiger partial charge is 0.161 e. The summed E-state index contributed by atoms with van der Waals surface area (Å²) in [5.41, 5.74) is 2.58. The Morgan fingerprint density at radius 2 is 2.07 bits per heavy atom. The number of para-hydroxylation sites is 1. The third-order valence-corrected chi connectivity index (χ3v) is 3.01. The van der Waals surface area contributed by atoms with Crippen LogP contribution in [0.2, 0.25) is 0 Å². The average molecular weight is 201 g/mol. The van der Waals surface area contributed by atoms with Gasteiger partial charge in [-0.05, 0) is 25.5 Å². The summed E-state index contributed by atoms with van der Waals surface area (Å²) < 4.78 is 5.63. The predicted octanol–water partition coefficient (Wildman–Crippen LogP) is 2.65. The lowest BCUT2D eigenvalue weighted by atomic mass is 10.1. The fourth-order valence-electron chi connectivity index (χ4n) is 2.25. The maximum atomic E-state index is 5.63. The minimum atomic E-state index is 0.255. The van der Waals surface area contributed by atoms with Gasteiger partial charge >= 0.3 is 0 Å². The highest BCUT2D eigenvalue weighted by atomic mass is 16.6. The zero-order valence-electron chi connectivity index (χ0n) is 9.05. The molecule has 2 heterocycles. The van der Waals surface area contributed by atoms with Crippen LogP contribution in [0.1, 0.15) is 19.4 Å². The number of benzene rings is 1. The third kappa shape index (κ3) is 1.37. The lowest BCUT2D eigenvalue weighted by Gasteiger charge is -2.28. The maximum absolute atomic E-state index is 5.63. The van der Waals surface area contributed by atoms with Gasteiger partial charge in [0.15, 0.2) is 6.23 Å². The van der Waals surface area contributed by atoms with Crippen LogP contribution in [0.4, 0.5) is 5.69 Å². The lowest BCUT2D eigenvalue weighted by molar-refractivity contribution is 0.371. The van der Waals surface area contributed by atoms with Gasteiger partial charge in [0.25, 0.3) is 0 Å². The Bertz CT molecular complexity index is 411. The van der Waals surface area contributed by atoms with E-state index >= 15 is 0 Å². The van der Waals surface area contributed by atoms with E-state index in [9.17, 15) is 0 Å². The second-order valence-corrected chi connectivity index (χ2v) is 4.41. The molecule has 0 spiro atoms. The summed E-state index contributed by atoms with van der Waals surface area (Å²) in [5, 5.41) is 0. The lowest BCUT2D eigenvalue weighted by Crippen LogP contribution is -2.34. The Balaban J connectivity index is 2.10. The first-order valence-corrected chi connectivity index (χ1v) is 5.48. The molecule has 0 amide bonds. The van der Waals surface area contributed by atoms with Crippen molar-refractivity contribution in [2.24, 2.45) is 0 Å². The largest absolute Gasteiger partial charge is 0.343 e. The molecule has 0 aliphatic carbocycles. The number of nitrogens with zero attached hydrogens (tertiary/aromatic N) is 1. The summed E-state index contributed by atoms with van der Waals surface area (Å²) in [7, 11) is 0. The Morgan fingerprint density at radius 1 is 1.27 bits per heavy atom. The molecule has 2 aliphatic heterocycles. The molecule has 1 aromatic rings. The van der Waals surface area contributed by atoms with Crippen LogP contribution in [0.3, 0.4) is 0 Å². The highest BCUT2D eigenvalue weighted by Crippen LogP contribution is 2.38. The van der Waals surface area contributed by atoms with E-state index in [1.165, 1.54) is 11.3 Å². The van der Waals surface area contributed by atoms with Crippen LogP contribution in [-0.2, 0) is 4.74 Å². The number of epoxide rings is 1. The van der Waals surface area contributed by atoms with E-state index in [0.29, 0.717) is 12.1 Å². The van der Waals surface area contributed by atoms with Crippen molar-refractivity contribution >= 4 is 11.8 Å². The van der Waals surface area contributed by atoms with Crippen molar-refractivity contribution in [2.45, 2.75) is 32.2 Å². The van der Waals surface area contributed by atoms with E-state index in [1.807, 2.05) is 0 Å². The first-order chi connectivity index (χ1) is 7.27. The number of ether oxygens (including phenoxy) is 1. The molecule has 0 N–H and O–H groups in total. The van der Waals surface area contributed by atoms with E-state index in [2.05, 4.69) is 55.2 Å². The Hall–Kier alpha value is -1.28. The van der Waals surface area contributed by atoms with Crippen LogP contribution in [0.25, 0.3) is 6.08 Å². The van der Waals surface area contributed by atoms with E-state index < -0.39 is 0 Å². The van der Waals surface area contributed by atoms with Crippen LogP contribution in [0.15, 0.2) is 30.3 Å². The molecular weight excluding hydrogens is 186 g/mol. The molecule has 3 rings (SSSR count).